The molecule has 0 amide bonds. The van der Waals surface area contributed by atoms with Crippen LogP contribution in [0.5, 0.6) is 11.5 Å². The summed E-state index contributed by atoms with van der Waals surface area (Å²) < 4.78 is 53.1. The third-order valence-electron chi connectivity index (χ3n) is 4.90. The SMILES string of the molecule is COc1ccccc1[P@@](C)(=O)Oc1ccc(Cl)cc1[C@@H](C)NS(=O)(=O)c1ccc(C)cc1. The Morgan fingerprint density at radius 1 is 1.00 bits per heavy atom. The lowest BCUT2D eigenvalue weighted by atomic mass is 10.1. The van der Waals surface area contributed by atoms with Crippen molar-refractivity contribution in [1.82, 2.24) is 4.72 Å². The van der Waals surface area contributed by atoms with Crippen LogP contribution in [0.3, 0.4) is 0 Å². The Morgan fingerprint density at radius 2 is 1.66 bits per heavy atom. The maximum Gasteiger partial charge on any atom is 0.277 e. The van der Waals surface area contributed by atoms with Crippen molar-refractivity contribution in [2.75, 3.05) is 13.8 Å². The van der Waals surface area contributed by atoms with Crippen LogP contribution in [0.25, 0.3) is 0 Å². The molecule has 0 radical (unpaired) electrons. The van der Waals surface area contributed by atoms with Crippen molar-refractivity contribution in [2.24, 2.45) is 0 Å². The molecule has 0 aliphatic heterocycles. The van der Waals surface area contributed by atoms with Gasteiger partial charge in [0.2, 0.25) is 10.0 Å². The highest BCUT2D eigenvalue weighted by molar-refractivity contribution is 7.89. The van der Waals surface area contributed by atoms with Crippen LogP contribution in [-0.2, 0) is 14.6 Å². The summed E-state index contributed by atoms with van der Waals surface area (Å²) in [5.74, 6) is 0.715. The molecule has 0 bridgehead atoms. The lowest BCUT2D eigenvalue weighted by molar-refractivity contribution is 0.416. The molecule has 0 aromatic heterocycles. The van der Waals surface area contributed by atoms with Crippen molar-refractivity contribution in [3.8, 4) is 11.5 Å². The van der Waals surface area contributed by atoms with E-state index in [2.05, 4.69) is 4.72 Å². The number of benzene rings is 3. The van der Waals surface area contributed by atoms with E-state index in [1.54, 1.807) is 73.7 Å². The molecule has 0 heterocycles. The summed E-state index contributed by atoms with van der Waals surface area (Å²) in [6.45, 7) is 5.05. The van der Waals surface area contributed by atoms with E-state index >= 15 is 0 Å². The van der Waals surface area contributed by atoms with E-state index in [1.807, 2.05) is 6.92 Å². The number of nitrogens with one attached hydrogen (secondary N) is 1. The van der Waals surface area contributed by atoms with Crippen LogP contribution in [-0.4, -0.2) is 22.2 Å². The highest BCUT2D eigenvalue weighted by Gasteiger charge is 2.28. The maximum absolute atomic E-state index is 13.5. The molecule has 0 aliphatic rings. The van der Waals surface area contributed by atoms with Gasteiger partial charge in [-0.05, 0) is 56.3 Å². The van der Waals surface area contributed by atoms with Crippen LogP contribution in [0.1, 0.15) is 24.1 Å². The van der Waals surface area contributed by atoms with E-state index in [0.29, 0.717) is 21.6 Å². The predicted molar refractivity (Wildman–Crippen MR) is 128 cm³/mol. The summed E-state index contributed by atoms with van der Waals surface area (Å²) in [5.41, 5.74) is 1.42. The summed E-state index contributed by atoms with van der Waals surface area (Å²) >= 11 is 6.18. The topological polar surface area (TPSA) is 81.7 Å². The first kappa shape index (κ1) is 24.3. The quantitative estimate of drug-likeness (QED) is 0.430. The van der Waals surface area contributed by atoms with Crippen LogP contribution in [0.4, 0.5) is 0 Å². The van der Waals surface area contributed by atoms with Gasteiger partial charge in [-0.2, -0.15) is 0 Å². The molecule has 0 unspecified atom stereocenters. The second-order valence-electron chi connectivity index (χ2n) is 7.45. The van der Waals surface area contributed by atoms with Gasteiger partial charge < -0.3 is 9.26 Å². The largest absolute Gasteiger partial charge is 0.496 e. The van der Waals surface area contributed by atoms with Gasteiger partial charge in [0.25, 0.3) is 7.37 Å². The van der Waals surface area contributed by atoms with Crippen molar-refractivity contribution in [1.29, 1.82) is 0 Å². The van der Waals surface area contributed by atoms with Gasteiger partial charge in [0.05, 0.1) is 17.3 Å². The monoisotopic (exact) mass is 493 g/mol. The number of hydrogen-bond donors (Lipinski definition) is 1. The van der Waals surface area contributed by atoms with Crippen LogP contribution in [0.2, 0.25) is 5.02 Å². The average Bonchev–Trinajstić information content (AvgIpc) is 2.74. The van der Waals surface area contributed by atoms with E-state index in [1.165, 1.54) is 13.8 Å². The molecular formula is C23H25ClNO5PS. The van der Waals surface area contributed by atoms with Crippen LogP contribution >= 0.6 is 19.0 Å². The fourth-order valence-corrected chi connectivity index (χ4v) is 6.19. The molecular weight excluding hydrogens is 469 g/mol. The Labute approximate surface area is 194 Å². The number of methoxy groups -OCH3 is 1. The molecule has 0 saturated heterocycles. The number of sulfonamides is 1. The molecule has 0 aliphatic carbocycles. The van der Waals surface area contributed by atoms with Gasteiger partial charge in [-0.25, -0.2) is 13.1 Å². The molecule has 3 rings (SSSR count). The van der Waals surface area contributed by atoms with E-state index < -0.39 is 23.4 Å². The molecule has 6 nitrogen and oxygen atoms in total. The zero-order valence-electron chi connectivity index (χ0n) is 18.2. The minimum absolute atomic E-state index is 0.148. The summed E-state index contributed by atoms with van der Waals surface area (Å²) in [7, 11) is -5.67. The van der Waals surface area contributed by atoms with Gasteiger partial charge in [-0.1, -0.05) is 41.4 Å². The number of ether oxygens (including phenoxy) is 1. The van der Waals surface area contributed by atoms with Crippen molar-refractivity contribution in [3.05, 3.63) is 82.9 Å². The standard InChI is InChI=1S/C23H25ClNO5PS/c1-16-9-12-19(13-10-16)32(27,28)25-17(2)20-15-18(24)11-14-21(20)30-31(4,26)23-8-6-5-7-22(23)29-3/h5-15,17,25H,1-4H3/t17-,31+/m1/s1. The van der Waals surface area contributed by atoms with Crippen molar-refractivity contribution < 1.29 is 22.2 Å². The fourth-order valence-electron chi connectivity index (χ4n) is 3.22. The summed E-state index contributed by atoms with van der Waals surface area (Å²) in [6.07, 6.45) is 0. The molecule has 9 heteroatoms. The summed E-state index contributed by atoms with van der Waals surface area (Å²) in [5, 5.41) is 0.827. The number of halogens is 1. The molecule has 3 aromatic carbocycles. The molecule has 2 atom stereocenters. The number of aryl methyl sites for hydroxylation is 1. The zero-order valence-corrected chi connectivity index (χ0v) is 20.7. The molecule has 0 fully saturated rings. The highest BCUT2D eigenvalue weighted by atomic mass is 35.5. The third kappa shape index (κ3) is 5.54. The highest BCUT2D eigenvalue weighted by Crippen LogP contribution is 2.46. The molecule has 0 saturated carbocycles. The minimum Gasteiger partial charge on any atom is -0.496 e. The first-order chi connectivity index (χ1) is 15.0. The average molecular weight is 494 g/mol. The Hall–Kier alpha value is -2.31. The first-order valence-corrected chi connectivity index (χ1v) is 13.8. The van der Waals surface area contributed by atoms with Gasteiger partial charge in [0.15, 0.2) is 0 Å². The van der Waals surface area contributed by atoms with Gasteiger partial charge >= 0.3 is 0 Å². The molecule has 1 N–H and O–H groups in total. The van der Waals surface area contributed by atoms with E-state index in [4.69, 9.17) is 20.9 Å². The molecule has 3 aromatic rings. The second kappa shape index (κ2) is 9.67. The number of para-hydroxylation sites is 1. The smallest absolute Gasteiger partial charge is 0.277 e. The predicted octanol–water partition coefficient (Wildman–Crippen LogP) is 5.31. The van der Waals surface area contributed by atoms with Crippen molar-refractivity contribution >= 4 is 34.3 Å². The van der Waals surface area contributed by atoms with Gasteiger partial charge in [-0.3, -0.25) is 4.57 Å². The van der Waals surface area contributed by atoms with Gasteiger partial charge in [-0.15, -0.1) is 0 Å². The fraction of sp³-hybridized carbons (Fsp3) is 0.217. The number of rotatable bonds is 8. The van der Waals surface area contributed by atoms with Gasteiger partial charge in [0.1, 0.15) is 11.5 Å². The lowest BCUT2D eigenvalue weighted by Crippen LogP contribution is -2.27. The lowest BCUT2D eigenvalue weighted by Gasteiger charge is -2.22. The van der Waals surface area contributed by atoms with Gasteiger partial charge in [0, 0.05) is 23.3 Å². The van der Waals surface area contributed by atoms with E-state index in [0.717, 1.165) is 5.56 Å². The number of hydrogen-bond acceptors (Lipinski definition) is 5. The third-order valence-corrected chi connectivity index (χ3v) is 8.48. The second-order valence-corrected chi connectivity index (χ2v) is 12.0. The van der Waals surface area contributed by atoms with Crippen molar-refractivity contribution in [3.63, 3.8) is 0 Å². The zero-order chi connectivity index (χ0) is 23.5. The molecule has 0 spiro atoms. The van der Waals surface area contributed by atoms with E-state index in [-0.39, 0.29) is 10.6 Å². The van der Waals surface area contributed by atoms with Crippen LogP contribution in [0.15, 0.2) is 71.6 Å². The maximum atomic E-state index is 13.5. The molecule has 32 heavy (non-hydrogen) atoms. The van der Waals surface area contributed by atoms with Crippen LogP contribution in [0, 0.1) is 6.92 Å². The summed E-state index contributed by atoms with van der Waals surface area (Å²) in [4.78, 5) is 0.148. The Bertz CT molecular complexity index is 1260. The Kier molecular flexibility index (Phi) is 7.36. The summed E-state index contributed by atoms with van der Waals surface area (Å²) in [6, 6.07) is 17.5. The Morgan fingerprint density at radius 3 is 2.31 bits per heavy atom. The van der Waals surface area contributed by atoms with Crippen LogP contribution < -0.4 is 19.3 Å². The van der Waals surface area contributed by atoms with E-state index in [9.17, 15) is 13.0 Å². The minimum atomic E-state index is -3.80. The normalized spacial score (nSPS) is 14.4. The van der Waals surface area contributed by atoms with Crippen molar-refractivity contribution in [2.45, 2.75) is 24.8 Å². The first-order valence-electron chi connectivity index (χ1n) is 9.82. The Balaban J connectivity index is 1.94. The molecule has 170 valence electrons.